The molecule has 0 aromatic heterocycles. The van der Waals surface area contributed by atoms with Crippen molar-refractivity contribution in [3.8, 4) is 0 Å². The average Bonchev–Trinajstić information content (AvgIpc) is 2.35. The number of nitrogens with one attached hydrogen (secondary N) is 2. The Morgan fingerprint density at radius 2 is 1.95 bits per heavy atom. The molecule has 0 spiro atoms. The summed E-state index contributed by atoms with van der Waals surface area (Å²) in [6.45, 7) is 10.3. The Morgan fingerprint density at radius 1 is 1.30 bits per heavy atom. The molecule has 1 aliphatic rings. The summed E-state index contributed by atoms with van der Waals surface area (Å²) in [4.78, 5) is 14.3. The highest BCUT2D eigenvalue weighted by Crippen LogP contribution is 2.17. The van der Waals surface area contributed by atoms with Crippen molar-refractivity contribution in [3.63, 3.8) is 0 Å². The molecular weight excluding hydrogens is 297 g/mol. The first kappa shape index (κ1) is 22.3. The number of piperidine rings is 1. The maximum Gasteiger partial charge on any atom is 0.224 e. The molecule has 0 aliphatic carbocycles. The van der Waals surface area contributed by atoms with Gasteiger partial charge in [0.25, 0.3) is 0 Å². The fourth-order valence-corrected chi connectivity index (χ4v) is 2.58. The van der Waals surface area contributed by atoms with E-state index in [-0.39, 0.29) is 36.6 Å². The van der Waals surface area contributed by atoms with E-state index in [0.29, 0.717) is 6.04 Å². The second kappa shape index (κ2) is 11.6. The van der Waals surface area contributed by atoms with E-state index in [1.54, 1.807) is 0 Å². The predicted octanol–water partition coefficient (Wildman–Crippen LogP) is 1.92. The highest BCUT2D eigenvalue weighted by atomic mass is 35.5. The van der Waals surface area contributed by atoms with E-state index in [4.69, 9.17) is 0 Å². The monoisotopic (exact) mass is 327 g/mol. The van der Waals surface area contributed by atoms with Crippen LogP contribution in [0.15, 0.2) is 0 Å². The number of halogens is 2. The van der Waals surface area contributed by atoms with Crippen LogP contribution in [0.1, 0.15) is 33.6 Å². The van der Waals surface area contributed by atoms with Gasteiger partial charge in [0.05, 0.1) is 0 Å². The minimum Gasteiger partial charge on any atom is -0.354 e. The van der Waals surface area contributed by atoms with Crippen molar-refractivity contribution in [1.82, 2.24) is 15.5 Å². The summed E-state index contributed by atoms with van der Waals surface area (Å²) in [7, 11) is 1.88. The van der Waals surface area contributed by atoms with Gasteiger partial charge in [0.15, 0.2) is 0 Å². The van der Waals surface area contributed by atoms with Crippen LogP contribution in [-0.4, -0.2) is 50.1 Å². The molecule has 3 unspecified atom stereocenters. The molecule has 1 saturated heterocycles. The Morgan fingerprint density at radius 3 is 2.50 bits per heavy atom. The molecular formula is C14H31Cl2N3O. The number of nitrogens with zero attached hydrogens (tertiary/aromatic N) is 1. The molecule has 6 heteroatoms. The molecule has 0 saturated carbocycles. The van der Waals surface area contributed by atoms with Crippen molar-refractivity contribution in [2.45, 2.75) is 39.7 Å². The highest BCUT2D eigenvalue weighted by molar-refractivity contribution is 5.85. The molecule has 0 bridgehead atoms. The fourth-order valence-electron chi connectivity index (χ4n) is 2.58. The average molecular weight is 328 g/mol. The van der Waals surface area contributed by atoms with Gasteiger partial charge in [-0.05, 0) is 39.3 Å². The molecule has 2 N–H and O–H groups in total. The van der Waals surface area contributed by atoms with Crippen molar-refractivity contribution >= 4 is 30.7 Å². The quantitative estimate of drug-likeness (QED) is 0.783. The number of amides is 1. The van der Waals surface area contributed by atoms with Crippen LogP contribution in [0.2, 0.25) is 0 Å². The van der Waals surface area contributed by atoms with Gasteiger partial charge < -0.3 is 10.6 Å². The zero-order chi connectivity index (χ0) is 13.5. The summed E-state index contributed by atoms with van der Waals surface area (Å²) in [5.74, 6) is 0.990. The smallest absolute Gasteiger partial charge is 0.224 e. The minimum atomic E-state index is 0. The molecule has 122 valence electrons. The van der Waals surface area contributed by atoms with E-state index in [1.165, 1.54) is 25.9 Å². The van der Waals surface area contributed by atoms with Crippen LogP contribution < -0.4 is 10.6 Å². The van der Waals surface area contributed by atoms with Gasteiger partial charge >= 0.3 is 0 Å². The van der Waals surface area contributed by atoms with Crippen molar-refractivity contribution in [1.29, 1.82) is 0 Å². The number of hydrogen-bond acceptors (Lipinski definition) is 3. The molecule has 1 rings (SSSR count). The lowest BCUT2D eigenvalue weighted by molar-refractivity contribution is -0.124. The van der Waals surface area contributed by atoms with Crippen molar-refractivity contribution in [2.24, 2.45) is 11.8 Å². The summed E-state index contributed by atoms with van der Waals surface area (Å²) in [5.41, 5.74) is 0. The van der Waals surface area contributed by atoms with E-state index >= 15 is 0 Å². The van der Waals surface area contributed by atoms with Crippen LogP contribution in [0.4, 0.5) is 0 Å². The minimum absolute atomic E-state index is 0. The van der Waals surface area contributed by atoms with Crippen LogP contribution >= 0.6 is 24.8 Å². The predicted molar refractivity (Wildman–Crippen MR) is 90.0 cm³/mol. The van der Waals surface area contributed by atoms with Crippen molar-refractivity contribution < 1.29 is 4.79 Å². The molecule has 0 aromatic carbocycles. The first-order valence-electron chi connectivity index (χ1n) is 7.21. The number of carbonyl (C=O) groups excluding carboxylic acids is 1. The van der Waals surface area contributed by atoms with Crippen molar-refractivity contribution in [3.05, 3.63) is 0 Å². The normalized spacial score (nSPS) is 22.1. The number of rotatable bonds is 6. The van der Waals surface area contributed by atoms with Gasteiger partial charge in [-0.1, -0.05) is 13.8 Å². The van der Waals surface area contributed by atoms with Crippen LogP contribution in [0, 0.1) is 11.8 Å². The fraction of sp³-hybridized carbons (Fsp3) is 0.929. The van der Waals surface area contributed by atoms with Gasteiger partial charge in [-0.15, -0.1) is 24.8 Å². The SMILES string of the molecule is CNCC(C)C(=O)NCC(C)N1CCCC(C)C1.Cl.Cl. The number of carbonyl (C=O) groups is 1. The Balaban J connectivity index is 0. The Labute approximate surface area is 136 Å². The van der Waals surface area contributed by atoms with Crippen LogP contribution in [0.3, 0.4) is 0 Å². The molecule has 1 fully saturated rings. The molecule has 1 heterocycles. The first-order chi connectivity index (χ1) is 8.54. The zero-order valence-corrected chi connectivity index (χ0v) is 14.8. The van der Waals surface area contributed by atoms with Crippen LogP contribution in [0.5, 0.6) is 0 Å². The summed E-state index contributed by atoms with van der Waals surface area (Å²) >= 11 is 0. The molecule has 1 aliphatic heterocycles. The van der Waals surface area contributed by atoms with Crippen LogP contribution in [0.25, 0.3) is 0 Å². The van der Waals surface area contributed by atoms with E-state index in [1.807, 2.05) is 14.0 Å². The van der Waals surface area contributed by atoms with E-state index in [2.05, 4.69) is 29.4 Å². The third-order valence-electron chi connectivity index (χ3n) is 3.84. The van der Waals surface area contributed by atoms with E-state index in [9.17, 15) is 4.79 Å². The maximum absolute atomic E-state index is 11.8. The summed E-state index contributed by atoms with van der Waals surface area (Å²) in [5, 5.41) is 6.09. The Hall–Kier alpha value is -0.0300. The standard InChI is InChI=1S/C14H29N3O.2ClH/c1-11-6-5-7-17(10-11)13(3)9-16-14(18)12(2)8-15-4;;/h11-13,15H,5-10H2,1-4H3,(H,16,18);2*1H. The maximum atomic E-state index is 11.8. The number of hydrogen-bond donors (Lipinski definition) is 2. The molecule has 3 atom stereocenters. The van der Waals surface area contributed by atoms with E-state index in [0.717, 1.165) is 19.0 Å². The molecule has 20 heavy (non-hydrogen) atoms. The van der Waals surface area contributed by atoms with Crippen molar-refractivity contribution in [2.75, 3.05) is 33.2 Å². The second-order valence-electron chi connectivity index (χ2n) is 5.80. The Kier molecular flexibility index (Phi) is 12.9. The number of likely N-dealkylation sites (tertiary alicyclic amines) is 1. The summed E-state index contributed by atoms with van der Waals surface area (Å²) < 4.78 is 0. The molecule has 1 amide bonds. The first-order valence-corrected chi connectivity index (χ1v) is 7.21. The van der Waals surface area contributed by atoms with Gasteiger partial charge in [-0.25, -0.2) is 0 Å². The molecule has 0 aromatic rings. The molecule has 0 radical (unpaired) electrons. The zero-order valence-electron chi connectivity index (χ0n) is 13.1. The lowest BCUT2D eigenvalue weighted by atomic mass is 9.99. The lowest BCUT2D eigenvalue weighted by Gasteiger charge is -2.35. The van der Waals surface area contributed by atoms with Gasteiger partial charge in [0.1, 0.15) is 0 Å². The summed E-state index contributed by atoms with van der Waals surface area (Å²) in [6, 6.07) is 0.443. The van der Waals surface area contributed by atoms with E-state index < -0.39 is 0 Å². The largest absolute Gasteiger partial charge is 0.354 e. The van der Waals surface area contributed by atoms with Gasteiger partial charge in [0, 0.05) is 31.6 Å². The highest BCUT2D eigenvalue weighted by Gasteiger charge is 2.21. The van der Waals surface area contributed by atoms with Crippen LogP contribution in [-0.2, 0) is 4.79 Å². The van der Waals surface area contributed by atoms with Gasteiger partial charge in [0.2, 0.25) is 5.91 Å². The molecule has 4 nitrogen and oxygen atoms in total. The summed E-state index contributed by atoms with van der Waals surface area (Å²) in [6.07, 6.45) is 2.63. The van der Waals surface area contributed by atoms with Gasteiger partial charge in [-0.2, -0.15) is 0 Å². The lowest BCUT2D eigenvalue weighted by Crippen LogP contribution is -2.47. The van der Waals surface area contributed by atoms with Gasteiger partial charge in [-0.3, -0.25) is 9.69 Å². The topological polar surface area (TPSA) is 44.4 Å². The third-order valence-corrected chi connectivity index (χ3v) is 3.84. The second-order valence-corrected chi connectivity index (χ2v) is 5.80. The third kappa shape index (κ3) is 7.67. The Bertz CT molecular complexity index is 267.